The first kappa shape index (κ1) is 75.6. The third-order valence-electron chi connectivity index (χ3n) is 20.5. The zero-order valence-electron chi connectivity index (χ0n) is 64.2. The van der Waals surface area contributed by atoms with Crippen molar-refractivity contribution in [2.24, 2.45) is 0 Å². The van der Waals surface area contributed by atoms with Gasteiger partial charge in [-0.25, -0.2) is 19.9 Å². The van der Waals surface area contributed by atoms with Crippen molar-refractivity contribution >= 4 is 163 Å². The number of nitrogen functional groups attached to an aromatic ring is 2. The first-order valence-corrected chi connectivity index (χ1v) is 40.2. The number of halogens is 2. The maximum atomic E-state index is 5.39. The predicted molar refractivity (Wildman–Crippen MR) is 501 cm³/mol. The number of aromatic nitrogens is 10. The van der Waals surface area contributed by atoms with Crippen molar-refractivity contribution in [3.63, 3.8) is 0 Å². The summed E-state index contributed by atoms with van der Waals surface area (Å²) in [6.07, 6.45) is 15.6. The molecule has 17 aromatic carbocycles. The van der Waals surface area contributed by atoms with E-state index in [0.717, 1.165) is 191 Å². The highest BCUT2D eigenvalue weighted by Gasteiger charge is 2.21. The molecule has 22 aromatic rings. The minimum Gasteiger partial charge on any atom is -0.397 e. The van der Waals surface area contributed by atoms with Crippen LogP contribution in [0.4, 0.5) is 11.4 Å². The van der Waals surface area contributed by atoms with Gasteiger partial charge >= 0.3 is 0 Å². The summed E-state index contributed by atoms with van der Waals surface area (Å²) in [5.41, 5.74) is 33.1. The van der Waals surface area contributed by atoms with E-state index in [1.165, 1.54) is 10.8 Å². The Bertz CT molecular complexity index is 7430. The second-order valence-electron chi connectivity index (χ2n) is 28.1. The van der Waals surface area contributed by atoms with Crippen molar-refractivity contribution < 1.29 is 0 Å². The molecule has 0 bridgehead atoms. The fourth-order valence-electron chi connectivity index (χ4n) is 14.8. The Balaban J connectivity index is 0.000000120. The average molecular weight is 1670 g/mol. The Morgan fingerprint density at radius 1 is 0.217 bits per heavy atom. The molecule has 0 aliphatic heterocycles. The van der Waals surface area contributed by atoms with Crippen LogP contribution in [-0.4, -0.2) is 49.8 Å². The predicted octanol–water partition coefficient (Wildman–Crippen LogP) is 25.2. The molecule has 4 N–H and O–H groups in total. The molecule has 0 fully saturated rings. The molecule has 0 spiro atoms. The number of hydrogen-bond donors (Lipinski definition) is 2. The van der Waals surface area contributed by atoms with E-state index in [2.05, 4.69) is 203 Å². The zero-order chi connectivity index (χ0) is 81.3. The molecule has 14 heteroatoms. The summed E-state index contributed by atoms with van der Waals surface area (Å²) in [5, 5.41) is 13.1. The van der Waals surface area contributed by atoms with Crippen LogP contribution >= 0.6 is 31.9 Å². The summed E-state index contributed by atoms with van der Waals surface area (Å²) < 4.78 is 2.13. The fourth-order valence-corrected chi connectivity index (χ4v) is 15.5. The summed E-state index contributed by atoms with van der Waals surface area (Å²) in [5.74, 6) is 15.7. The zero-order valence-corrected chi connectivity index (χ0v) is 67.4. The van der Waals surface area contributed by atoms with Gasteiger partial charge in [0.2, 0.25) is 0 Å². The minimum absolute atomic E-state index is 0.646. The maximum absolute atomic E-state index is 5.39. The summed E-state index contributed by atoms with van der Waals surface area (Å²) in [6, 6.07) is 112. The number of para-hydroxylation sites is 6. The molecule has 5 heterocycles. The SMILES string of the molecule is Brc1ccc2c(c1)c1cc(Br)ccc1c1nccnc21.C#Cc1ccccc1.C(#Cc1ccc2c(c1)c1cc(C#Cc3ccccc3)ccc1c1nccnc21)c1ccccc1.Nc1ccccc1N.c1ccc(-c2nc3ccccc3nc2-c2ccc3c(c2)c2cc(-c4nc5ccccc5nc4-c4ccccc4)ccc2c2nccnc32)cc1. The first-order chi connectivity index (χ1) is 59.1. The van der Waals surface area contributed by atoms with Gasteiger partial charge in [0.25, 0.3) is 0 Å². The van der Waals surface area contributed by atoms with E-state index < -0.39 is 0 Å². The van der Waals surface area contributed by atoms with Crippen LogP contribution in [0.3, 0.4) is 0 Å². The molecule has 0 amide bonds. The normalized spacial score (nSPS) is 10.8. The summed E-state index contributed by atoms with van der Waals surface area (Å²) >= 11 is 7.11. The molecule has 0 saturated carbocycles. The van der Waals surface area contributed by atoms with Crippen LogP contribution in [-0.2, 0) is 0 Å². The lowest BCUT2D eigenvalue weighted by molar-refractivity contribution is 1.29. The summed E-state index contributed by atoms with van der Waals surface area (Å²) in [4.78, 5) is 48.7. The highest BCUT2D eigenvalue weighted by atomic mass is 79.9. The highest BCUT2D eigenvalue weighted by molar-refractivity contribution is 9.10. The van der Waals surface area contributed by atoms with Gasteiger partial charge in [-0.3, -0.25) is 29.9 Å². The number of rotatable bonds is 4. The van der Waals surface area contributed by atoms with Gasteiger partial charge in [0.05, 0.1) is 89.3 Å². The van der Waals surface area contributed by atoms with E-state index in [1.807, 2.05) is 200 Å². The highest BCUT2D eigenvalue weighted by Crippen LogP contribution is 2.42. The lowest BCUT2D eigenvalue weighted by Gasteiger charge is -2.15. The molecular formula is C106H66Br2N12. The molecule has 0 radical (unpaired) electrons. The number of benzene rings is 17. The van der Waals surface area contributed by atoms with Crippen LogP contribution in [0.2, 0.25) is 0 Å². The van der Waals surface area contributed by atoms with Crippen LogP contribution in [0.1, 0.15) is 27.8 Å². The molecule has 22 rings (SSSR count). The van der Waals surface area contributed by atoms with Gasteiger partial charge in [0.1, 0.15) is 0 Å². The molecule has 5 aromatic heterocycles. The van der Waals surface area contributed by atoms with E-state index in [-0.39, 0.29) is 0 Å². The third kappa shape index (κ3) is 16.0. The van der Waals surface area contributed by atoms with E-state index in [0.29, 0.717) is 11.4 Å². The van der Waals surface area contributed by atoms with Gasteiger partial charge < -0.3 is 11.5 Å². The van der Waals surface area contributed by atoms with Crippen molar-refractivity contribution in [3.05, 3.63) is 408 Å². The van der Waals surface area contributed by atoms with Gasteiger partial charge in [0.15, 0.2) is 0 Å². The molecule has 0 unspecified atom stereocenters. The molecule has 0 atom stereocenters. The van der Waals surface area contributed by atoms with Crippen molar-refractivity contribution in [2.75, 3.05) is 11.5 Å². The second-order valence-corrected chi connectivity index (χ2v) is 29.9. The van der Waals surface area contributed by atoms with Gasteiger partial charge in [-0.1, -0.05) is 262 Å². The Kier molecular flexibility index (Phi) is 21.6. The van der Waals surface area contributed by atoms with Crippen molar-refractivity contribution in [3.8, 4) is 81.1 Å². The standard InChI is InChI=1S/C44H26N6.C32H18N2.C16H8Br2N2.C8H6.C6H8N2/c1-3-11-27(12-4-1)39-41(49-37-17-9-7-15-35(37)47-39)29-19-21-31-33(25-29)34-26-30(20-22-32(34)44-43(31)45-23-24-46-44)42-40(28-13-5-2-6-14-28)48-36-16-8-10-18-38(36)50-42;1-3-7-23(8-4-1)11-13-25-15-17-27-29(21-25)30-22-26(14-12-24-9-5-2-6-10-24)16-18-28(30)32-31(27)33-19-20-34-32;17-9-1-3-11-13(7-9)14-8-10(18)2-4-12(14)16-15(11)19-5-6-20-16;1-2-8-6-4-3-5-7-8;7-5-3-1-2-4-6(5)8/h1-26H;1-10,15-22H;1-8H;1,3-7H;1-4H,7-8H2. The Morgan fingerprint density at radius 3 is 0.775 bits per heavy atom. The number of nitrogens with zero attached hydrogens (tertiary/aromatic N) is 10. The Hall–Kier alpha value is -15.8. The van der Waals surface area contributed by atoms with E-state index in [9.17, 15) is 0 Å². The number of nitrogens with two attached hydrogens (primary N) is 2. The number of fused-ring (bicyclic) bond motifs is 20. The largest absolute Gasteiger partial charge is 0.397 e. The van der Waals surface area contributed by atoms with Crippen LogP contribution < -0.4 is 11.5 Å². The summed E-state index contributed by atoms with van der Waals surface area (Å²) in [7, 11) is 0. The lowest BCUT2D eigenvalue weighted by atomic mass is 9.93. The molecule has 12 nitrogen and oxygen atoms in total. The molecule has 0 saturated heterocycles. The number of hydrogen-bond acceptors (Lipinski definition) is 12. The monoisotopic (exact) mass is 1660 g/mol. The van der Waals surface area contributed by atoms with Crippen LogP contribution in [0.25, 0.3) is 165 Å². The number of anilines is 2. The van der Waals surface area contributed by atoms with Crippen molar-refractivity contribution in [2.45, 2.75) is 0 Å². The van der Waals surface area contributed by atoms with Gasteiger partial charge in [-0.2, -0.15) is 0 Å². The van der Waals surface area contributed by atoms with Crippen molar-refractivity contribution in [1.82, 2.24) is 49.8 Å². The maximum Gasteiger partial charge on any atom is 0.0973 e. The Labute approximate surface area is 707 Å². The van der Waals surface area contributed by atoms with Crippen molar-refractivity contribution in [1.29, 1.82) is 0 Å². The third-order valence-corrected chi connectivity index (χ3v) is 21.5. The van der Waals surface area contributed by atoms with Gasteiger partial charge in [-0.15, -0.1) is 6.42 Å². The minimum atomic E-state index is 0.646. The second kappa shape index (κ2) is 34.4. The lowest BCUT2D eigenvalue weighted by Crippen LogP contribution is -1.97. The molecule has 0 aliphatic carbocycles. The Morgan fingerprint density at radius 2 is 0.467 bits per heavy atom. The van der Waals surface area contributed by atoms with E-state index in [1.54, 1.807) is 49.3 Å². The van der Waals surface area contributed by atoms with E-state index in [4.69, 9.17) is 47.8 Å². The molecule has 0 aliphatic rings. The van der Waals surface area contributed by atoms with Crippen LogP contribution in [0, 0.1) is 36.0 Å². The smallest absolute Gasteiger partial charge is 0.0973 e. The molecule has 120 heavy (non-hydrogen) atoms. The molecule has 564 valence electrons. The van der Waals surface area contributed by atoms with Crippen LogP contribution in [0.15, 0.2) is 380 Å². The van der Waals surface area contributed by atoms with Gasteiger partial charge in [-0.05, 0) is 166 Å². The van der Waals surface area contributed by atoms with Crippen LogP contribution in [0.5, 0.6) is 0 Å². The fraction of sp³-hybridized carbons (Fsp3) is 0. The average Bonchev–Trinajstić information content (AvgIpc) is 0.698. The van der Waals surface area contributed by atoms with Gasteiger partial charge in [0, 0.05) is 129 Å². The quantitative estimate of drug-likeness (QED) is 0.0968. The topological polar surface area (TPSA) is 181 Å². The van der Waals surface area contributed by atoms with E-state index >= 15 is 0 Å². The summed E-state index contributed by atoms with van der Waals surface area (Å²) in [6.45, 7) is 0. The molecular weight excluding hydrogens is 1600 g/mol. The first-order valence-electron chi connectivity index (χ1n) is 38.6. The number of terminal acetylenes is 1.